The van der Waals surface area contributed by atoms with Crippen LogP contribution in [0.15, 0.2) is 0 Å². The Morgan fingerprint density at radius 3 is 2.30 bits per heavy atom. The van der Waals surface area contributed by atoms with Crippen LogP contribution in [-0.2, 0) is 0 Å². The van der Waals surface area contributed by atoms with E-state index in [1.807, 2.05) is 4.90 Å². The molecule has 1 aliphatic heterocycles. The molecular formula is C6H14N4. The molecule has 1 heterocycles. The molecule has 5 N–H and O–H groups in total. The summed E-state index contributed by atoms with van der Waals surface area (Å²) in [6.45, 7) is 1.69. The summed E-state index contributed by atoms with van der Waals surface area (Å²) in [5.74, 6) is 0.173. The number of nitrogens with zero attached hydrogens (tertiary/aromatic N) is 1. The summed E-state index contributed by atoms with van der Waals surface area (Å²) in [4.78, 5) is 1.85. The average Bonchev–Trinajstić information content (AvgIpc) is 1.88. The van der Waals surface area contributed by atoms with E-state index >= 15 is 0 Å². The van der Waals surface area contributed by atoms with Crippen molar-refractivity contribution in [1.29, 1.82) is 5.41 Å². The fraction of sp³-hybridized carbons (Fsp3) is 0.833. The number of rotatable bonds is 0. The Balaban J connectivity index is 2.33. The molecule has 0 atom stereocenters. The lowest BCUT2D eigenvalue weighted by Gasteiger charge is -2.30. The van der Waals surface area contributed by atoms with Gasteiger partial charge in [-0.3, -0.25) is 5.41 Å². The van der Waals surface area contributed by atoms with Gasteiger partial charge in [0.2, 0.25) is 0 Å². The predicted octanol–water partition coefficient (Wildman–Crippen LogP) is -0.697. The van der Waals surface area contributed by atoms with Crippen molar-refractivity contribution in [1.82, 2.24) is 4.90 Å². The molecule has 0 aromatic heterocycles. The van der Waals surface area contributed by atoms with E-state index < -0.39 is 0 Å². The maximum Gasteiger partial charge on any atom is 0.188 e. The van der Waals surface area contributed by atoms with Gasteiger partial charge < -0.3 is 16.4 Å². The number of nitrogens with one attached hydrogen (secondary N) is 1. The standard InChI is InChI=1S/C6H14N4/c7-5-1-3-10(4-2-5)6(8)9/h5H,1-4,7H2,(H3,8,9). The minimum atomic E-state index is 0.173. The van der Waals surface area contributed by atoms with Gasteiger partial charge in [0.05, 0.1) is 0 Å². The second-order valence-electron chi connectivity index (χ2n) is 2.71. The highest BCUT2D eigenvalue weighted by atomic mass is 15.2. The Morgan fingerprint density at radius 2 is 1.90 bits per heavy atom. The van der Waals surface area contributed by atoms with Crippen LogP contribution < -0.4 is 11.5 Å². The van der Waals surface area contributed by atoms with Crippen LogP contribution in [0, 0.1) is 5.41 Å². The van der Waals surface area contributed by atoms with Crippen molar-refractivity contribution in [3.05, 3.63) is 0 Å². The Hall–Kier alpha value is -0.770. The van der Waals surface area contributed by atoms with Gasteiger partial charge in [-0.1, -0.05) is 0 Å². The first-order valence-corrected chi connectivity index (χ1v) is 3.54. The number of piperidine rings is 1. The molecular weight excluding hydrogens is 128 g/mol. The highest BCUT2D eigenvalue weighted by molar-refractivity contribution is 5.74. The zero-order valence-electron chi connectivity index (χ0n) is 6.01. The van der Waals surface area contributed by atoms with Crippen molar-refractivity contribution < 1.29 is 0 Å². The molecule has 1 aliphatic rings. The van der Waals surface area contributed by atoms with Crippen molar-refractivity contribution in [3.63, 3.8) is 0 Å². The van der Waals surface area contributed by atoms with Crippen LogP contribution in [-0.4, -0.2) is 30.0 Å². The molecule has 0 bridgehead atoms. The molecule has 0 unspecified atom stereocenters. The normalized spacial score (nSPS) is 21.1. The number of hydrogen-bond donors (Lipinski definition) is 3. The van der Waals surface area contributed by atoms with Crippen LogP contribution >= 0.6 is 0 Å². The van der Waals surface area contributed by atoms with E-state index in [9.17, 15) is 0 Å². The van der Waals surface area contributed by atoms with E-state index in [1.54, 1.807) is 0 Å². The number of likely N-dealkylation sites (tertiary alicyclic amines) is 1. The highest BCUT2D eigenvalue weighted by Crippen LogP contribution is 2.06. The number of guanidine groups is 1. The van der Waals surface area contributed by atoms with E-state index in [-0.39, 0.29) is 5.96 Å². The first kappa shape index (κ1) is 7.34. The van der Waals surface area contributed by atoms with E-state index in [2.05, 4.69) is 0 Å². The molecule has 10 heavy (non-hydrogen) atoms. The summed E-state index contributed by atoms with van der Waals surface area (Å²) in [5.41, 5.74) is 10.9. The van der Waals surface area contributed by atoms with Gasteiger partial charge in [-0.15, -0.1) is 0 Å². The molecule has 4 nitrogen and oxygen atoms in total. The summed E-state index contributed by atoms with van der Waals surface area (Å²) in [5, 5.41) is 7.12. The smallest absolute Gasteiger partial charge is 0.188 e. The van der Waals surface area contributed by atoms with E-state index in [1.165, 1.54) is 0 Å². The zero-order chi connectivity index (χ0) is 7.56. The third-order valence-electron chi connectivity index (χ3n) is 1.88. The molecule has 58 valence electrons. The second-order valence-corrected chi connectivity index (χ2v) is 2.71. The molecule has 0 radical (unpaired) electrons. The van der Waals surface area contributed by atoms with Gasteiger partial charge in [-0.25, -0.2) is 0 Å². The second kappa shape index (κ2) is 2.88. The molecule has 1 rings (SSSR count). The third kappa shape index (κ3) is 1.60. The zero-order valence-corrected chi connectivity index (χ0v) is 6.01. The van der Waals surface area contributed by atoms with Crippen molar-refractivity contribution in [2.45, 2.75) is 18.9 Å². The van der Waals surface area contributed by atoms with Gasteiger partial charge >= 0.3 is 0 Å². The molecule has 0 spiro atoms. The van der Waals surface area contributed by atoms with Crippen LogP contribution in [0.1, 0.15) is 12.8 Å². The molecule has 0 aromatic rings. The number of hydrogen-bond acceptors (Lipinski definition) is 2. The monoisotopic (exact) mass is 142 g/mol. The fourth-order valence-corrected chi connectivity index (χ4v) is 1.14. The maximum absolute atomic E-state index is 7.12. The lowest BCUT2D eigenvalue weighted by atomic mass is 10.1. The van der Waals surface area contributed by atoms with E-state index in [0.29, 0.717) is 6.04 Å². The Morgan fingerprint density at radius 1 is 1.40 bits per heavy atom. The third-order valence-corrected chi connectivity index (χ3v) is 1.88. The number of nitrogens with two attached hydrogens (primary N) is 2. The summed E-state index contributed by atoms with van der Waals surface area (Å²) in [7, 11) is 0. The van der Waals surface area contributed by atoms with Crippen molar-refractivity contribution in [3.8, 4) is 0 Å². The highest BCUT2D eigenvalue weighted by Gasteiger charge is 2.15. The Labute approximate surface area is 60.7 Å². The van der Waals surface area contributed by atoms with Gasteiger partial charge in [-0.2, -0.15) is 0 Å². The summed E-state index contributed by atoms with van der Waals surface area (Å²) in [6, 6.07) is 0.315. The Bertz CT molecular complexity index is 126. The van der Waals surface area contributed by atoms with E-state index in [4.69, 9.17) is 16.9 Å². The molecule has 0 amide bonds. The van der Waals surface area contributed by atoms with Gasteiger partial charge in [0.25, 0.3) is 0 Å². The molecule has 0 aromatic carbocycles. The summed E-state index contributed by atoms with van der Waals surface area (Å²) in [6.07, 6.45) is 1.92. The topological polar surface area (TPSA) is 79.1 Å². The largest absolute Gasteiger partial charge is 0.370 e. The predicted molar refractivity (Wildman–Crippen MR) is 40.7 cm³/mol. The maximum atomic E-state index is 7.12. The van der Waals surface area contributed by atoms with Gasteiger partial charge in [0.1, 0.15) is 0 Å². The van der Waals surface area contributed by atoms with Crippen LogP contribution in [0.3, 0.4) is 0 Å². The lowest BCUT2D eigenvalue weighted by Crippen LogP contribution is -2.45. The molecule has 0 saturated carbocycles. The first-order valence-electron chi connectivity index (χ1n) is 3.54. The van der Waals surface area contributed by atoms with Crippen LogP contribution in [0.2, 0.25) is 0 Å². The quantitative estimate of drug-likeness (QED) is 0.309. The minimum Gasteiger partial charge on any atom is -0.370 e. The van der Waals surface area contributed by atoms with E-state index in [0.717, 1.165) is 25.9 Å². The minimum absolute atomic E-state index is 0.173. The first-order chi connectivity index (χ1) is 4.70. The summed E-state index contributed by atoms with van der Waals surface area (Å²) >= 11 is 0. The average molecular weight is 142 g/mol. The van der Waals surface area contributed by atoms with Gasteiger partial charge in [0, 0.05) is 19.1 Å². The van der Waals surface area contributed by atoms with Crippen LogP contribution in [0.5, 0.6) is 0 Å². The van der Waals surface area contributed by atoms with Crippen molar-refractivity contribution >= 4 is 5.96 Å². The van der Waals surface area contributed by atoms with Crippen molar-refractivity contribution in [2.24, 2.45) is 11.5 Å². The lowest BCUT2D eigenvalue weighted by molar-refractivity contribution is 0.309. The van der Waals surface area contributed by atoms with Gasteiger partial charge in [0.15, 0.2) is 5.96 Å². The fourth-order valence-electron chi connectivity index (χ4n) is 1.14. The van der Waals surface area contributed by atoms with Crippen LogP contribution in [0.25, 0.3) is 0 Å². The SMILES string of the molecule is N=C(N)N1CCC(N)CC1. The molecule has 1 saturated heterocycles. The van der Waals surface area contributed by atoms with Gasteiger partial charge in [-0.05, 0) is 12.8 Å². The summed E-state index contributed by atoms with van der Waals surface area (Å²) < 4.78 is 0. The Kier molecular flexibility index (Phi) is 2.11. The van der Waals surface area contributed by atoms with Crippen molar-refractivity contribution in [2.75, 3.05) is 13.1 Å². The molecule has 4 heteroatoms. The molecule has 0 aliphatic carbocycles. The molecule has 1 fully saturated rings. The van der Waals surface area contributed by atoms with Crippen LogP contribution in [0.4, 0.5) is 0 Å².